The molecule has 0 spiro atoms. The van der Waals surface area contributed by atoms with E-state index >= 15 is 0 Å². The Bertz CT molecular complexity index is 1050. The van der Waals surface area contributed by atoms with Crippen molar-refractivity contribution in [3.63, 3.8) is 0 Å². The second kappa shape index (κ2) is 8.19. The molecule has 2 aromatic carbocycles. The molecule has 2 heterocycles. The van der Waals surface area contributed by atoms with Crippen molar-refractivity contribution in [1.82, 2.24) is 14.5 Å². The van der Waals surface area contributed by atoms with Gasteiger partial charge >= 0.3 is 0 Å². The number of likely N-dealkylation sites (tertiary alicyclic amines) is 1. The molecule has 1 aliphatic rings. The number of hydrogen-bond donors (Lipinski definition) is 0. The quantitative estimate of drug-likeness (QED) is 0.490. The molecular weight excluding hydrogens is 370 g/mol. The summed E-state index contributed by atoms with van der Waals surface area (Å²) in [5, 5.41) is 1.14. The maximum absolute atomic E-state index is 13.2. The average molecular weight is 394 g/mol. The Morgan fingerprint density at radius 1 is 1.07 bits per heavy atom. The first kappa shape index (κ1) is 18.7. The minimum absolute atomic E-state index is 0.106. The van der Waals surface area contributed by atoms with E-state index in [1.807, 2.05) is 47.4 Å². The summed E-state index contributed by atoms with van der Waals surface area (Å²) in [4.78, 5) is 32.3. The average Bonchev–Trinajstić information content (AvgIpc) is 3.27. The number of thioether (sulfide) groups is 1. The molecule has 28 heavy (non-hydrogen) atoms. The molecule has 1 fully saturated rings. The van der Waals surface area contributed by atoms with Crippen molar-refractivity contribution < 1.29 is 4.79 Å². The lowest BCUT2D eigenvalue weighted by molar-refractivity contribution is -0.127. The van der Waals surface area contributed by atoms with Crippen LogP contribution in [0, 0.1) is 0 Å². The third kappa shape index (κ3) is 3.69. The van der Waals surface area contributed by atoms with E-state index in [1.165, 1.54) is 17.3 Å². The van der Waals surface area contributed by atoms with Gasteiger partial charge in [0.15, 0.2) is 5.16 Å². The summed E-state index contributed by atoms with van der Waals surface area (Å²) in [5.74, 6) is 0.399. The zero-order valence-electron chi connectivity index (χ0n) is 15.9. The molecule has 4 rings (SSSR count). The molecule has 5 nitrogen and oxygen atoms in total. The summed E-state index contributed by atoms with van der Waals surface area (Å²) in [5.41, 5.74) is 2.54. The Labute approximate surface area is 168 Å². The van der Waals surface area contributed by atoms with Crippen LogP contribution in [-0.4, -0.2) is 39.2 Å². The highest BCUT2D eigenvalue weighted by atomic mass is 32.2. The number of hydrogen-bond acceptors (Lipinski definition) is 4. The summed E-state index contributed by atoms with van der Waals surface area (Å²) in [6, 6.07) is 15.3. The van der Waals surface area contributed by atoms with Gasteiger partial charge in [0.2, 0.25) is 5.91 Å². The van der Waals surface area contributed by atoms with E-state index in [0.29, 0.717) is 16.1 Å². The zero-order valence-corrected chi connectivity index (χ0v) is 16.7. The maximum atomic E-state index is 13.2. The van der Waals surface area contributed by atoms with Crippen molar-refractivity contribution in [2.45, 2.75) is 31.3 Å². The van der Waals surface area contributed by atoms with E-state index in [2.05, 4.69) is 6.92 Å². The molecule has 1 aliphatic heterocycles. The van der Waals surface area contributed by atoms with Crippen LogP contribution < -0.4 is 5.56 Å². The number of aromatic nitrogens is 2. The fourth-order valence-electron chi connectivity index (χ4n) is 3.50. The van der Waals surface area contributed by atoms with Gasteiger partial charge in [0.1, 0.15) is 0 Å². The van der Waals surface area contributed by atoms with Gasteiger partial charge in [-0.15, -0.1) is 0 Å². The van der Waals surface area contributed by atoms with E-state index in [9.17, 15) is 9.59 Å². The molecule has 3 aromatic rings. The zero-order chi connectivity index (χ0) is 19.5. The molecule has 0 N–H and O–H groups in total. The van der Waals surface area contributed by atoms with Crippen LogP contribution in [0.5, 0.6) is 0 Å². The van der Waals surface area contributed by atoms with Crippen molar-refractivity contribution in [1.29, 1.82) is 0 Å². The molecule has 1 amide bonds. The highest BCUT2D eigenvalue weighted by Gasteiger charge is 2.20. The van der Waals surface area contributed by atoms with E-state index in [-0.39, 0.29) is 17.2 Å². The number of carbonyl (C=O) groups is 1. The van der Waals surface area contributed by atoms with Gasteiger partial charge in [-0.25, -0.2) is 4.98 Å². The number of benzene rings is 2. The van der Waals surface area contributed by atoms with Gasteiger partial charge < -0.3 is 4.90 Å². The molecule has 0 radical (unpaired) electrons. The van der Waals surface area contributed by atoms with Crippen LogP contribution in [0.25, 0.3) is 16.6 Å². The smallest absolute Gasteiger partial charge is 0.266 e. The van der Waals surface area contributed by atoms with Gasteiger partial charge in [-0.05, 0) is 49.1 Å². The summed E-state index contributed by atoms with van der Waals surface area (Å²) in [6.07, 6.45) is 3.08. The van der Waals surface area contributed by atoms with E-state index in [0.717, 1.165) is 38.0 Å². The highest BCUT2D eigenvalue weighted by Crippen LogP contribution is 2.23. The first-order chi connectivity index (χ1) is 13.7. The van der Waals surface area contributed by atoms with E-state index in [1.54, 1.807) is 10.6 Å². The van der Waals surface area contributed by atoms with Crippen molar-refractivity contribution in [2.24, 2.45) is 0 Å². The van der Waals surface area contributed by atoms with Gasteiger partial charge in [-0.3, -0.25) is 14.2 Å². The molecule has 0 saturated carbocycles. The van der Waals surface area contributed by atoms with Crippen molar-refractivity contribution in [3.05, 3.63) is 64.4 Å². The van der Waals surface area contributed by atoms with Crippen LogP contribution in [0.3, 0.4) is 0 Å². The number of amides is 1. The Morgan fingerprint density at radius 3 is 2.50 bits per heavy atom. The minimum Gasteiger partial charge on any atom is -0.342 e. The van der Waals surface area contributed by atoms with Gasteiger partial charge in [0.05, 0.1) is 22.3 Å². The topological polar surface area (TPSA) is 55.2 Å². The van der Waals surface area contributed by atoms with Gasteiger partial charge in [-0.1, -0.05) is 43.0 Å². The fourth-order valence-corrected chi connectivity index (χ4v) is 4.42. The molecular formula is C22H23N3O2S. The molecule has 144 valence electrons. The third-order valence-corrected chi connectivity index (χ3v) is 6.05. The standard InChI is InChI=1S/C22H23N3O2S/c1-2-16-9-11-17(12-10-16)25-21(27)18-7-3-4-8-19(18)23-22(25)28-15-20(26)24-13-5-6-14-24/h3-4,7-12H,2,5-6,13-15H2,1H3. The van der Waals surface area contributed by atoms with Crippen LogP contribution in [0.2, 0.25) is 0 Å². The van der Waals surface area contributed by atoms with Gasteiger partial charge in [0, 0.05) is 13.1 Å². The second-order valence-electron chi connectivity index (χ2n) is 6.95. The summed E-state index contributed by atoms with van der Waals surface area (Å²) < 4.78 is 1.63. The van der Waals surface area contributed by atoms with Crippen molar-refractivity contribution >= 4 is 28.6 Å². The number of nitrogens with zero attached hydrogens (tertiary/aromatic N) is 3. The molecule has 0 bridgehead atoms. The fraction of sp³-hybridized carbons (Fsp3) is 0.318. The molecule has 0 atom stereocenters. The summed E-state index contributed by atoms with van der Waals surface area (Å²) in [7, 11) is 0. The van der Waals surface area contributed by atoms with Gasteiger partial charge in [0.25, 0.3) is 5.56 Å². The van der Waals surface area contributed by atoms with Gasteiger partial charge in [-0.2, -0.15) is 0 Å². The lowest BCUT2D eigenvalue weighted by atomic mass is 10.1. The van der Waals surface area contributed by atoms with Crippen LogP contribution in [0.15, 0.2) is 58.5 Å². The molecule has 0 unspecified atom stereocenters. The maximum Gasteiger partial charge on any atom is 0.266 e. The Balaban J connectivity index is 1.74. The normalized spacial score (nSPS) is 14.0. The lowest BCUT2D eigenvalue weighted by Gasteiger charge is -2.16. The Kier molecular flexibility index (Phi) is 5.48. The summed E-state index contributed by atoms with van der Waals surface area (Å²) >= 11 is 1.34. The molecule has 1 aromatic heterocycles. The van der Waals surface area contributed by atoms with Crippen LogP contribution in [0.1, 0.15) is 25.3 Å². The van der Waals surface area contributed by atoms with E-state index < -0.39 is 0 Å². The monoisotopic (exact) mass is 393 g/mol. The first-order valence-electron chi connectivity index (χ1n) is 9.69. The number of carbonyl (C=O) groups excluding carboxylic acids is 1. The third-order valence-electron chi connectivity index (χ3n) is 5.13. The largest absolute Gasteiger partial charge is 0.342 e. The van der Waals surface area contributed by atoms with E-state index in [4.69, 9.17) is 4.98 Å². The first-order valence-corrected chi connectivity index (χ1v) is 10.7. The molecule has 0 aliphatic carbocycles. The number of para-hydroxylation sites is 1. The number of rotatable bonds is 5. The molecule has 6 heteroatoms. The second-order valence-corrected chi connectivity index (χ2v) is 7.89. The highest BCUT2D eigenvalue weighted by molar-refractivity contribution is 7.99. The number of aryl methyl sites for hydroxylation is 1. The number of fused-ring (bicyclic) bond motifs is 1. The lowest BCUT2D eigenvalue weighted by Crippen LogP contribution is -2.29. The van der Waals surface area contributed by atoms with Crippen LogP contribution in [0.4, 0.5) is 0 Å². The molecule has 1 saturated heterocycles. The van der Waals surface area contributed by atoms with Crippen LogP contribution in [-0.2, 0) is 11.2 Å². The summed E-state index contributed by atoms with van der Waals surface area (Å²) in [6.45, 7) is 3.76. The predicted octanol–water partition coefficient (Wildman–Crippen LogP) is 3.66. The van der Waals surface area contributed by atoms with Crippen molar-refractivity contribution in [2.75, 3.05) is 18.8 Å². The SMILES string of the molecule is CCc1ccc(-n2c(SCC(=O)N3CCCC3)nc3ccccc3c2=O)cc1. The predicted molar refractivity (Wildman–Crippen MR) is 113 cm³/mol. The van der Waals surface area contributed by atoms with Crippen molar-refractivity contribution in [3.8, 4) is 5.69 Å². The van der Waals surface area contributed by atoms with Crippen LogP contribution >= 0.6 is 11.8 Å². The minimum atomic E-state index is -0.106. The Morgan fingerprint density at radius 2 is 1.79 bits per heavy atom. The Hall–Kier alpha value is -2.60.